The highest BCUT2D eigenvalue weighted by Crippen LogP contribution is 2.29. The quantitative estimate of drug-likeness (QED) is 0.604. The number of ether oxygens (including phenoxy) is 1. The number of halogens is 1. The van der Waals surface area contributed by atoms with Crippen molar-refractivity contribution in [3.63, 3.8) is 0 Å². The van der Waals surface area contributed by atoms with Crippen LogP contribution in [-0.2, 0) is 9.53 Å². The van der Waals surface area contributed by atoms with Gasteiger partial charge in [0.15, 0.2) is 0 Å². The number of thiophene rings is 1. The van der Waals surface area contributed by atoms with Crippen LogP contribution in [0.1, 0.15) is 31.7 Å². The molecule has 0 saturated carbocycles. The number of hydrogen-bond acceptors (Lipinski definition) is 3. The van der Waals surface area contributed by atoms with E-state index in [4.69, 9.17) is 4.74 Å². The van der Waals surface area contributed by atoms with E-state index in [-0.39, 0.29) is 11.9 Å². The molecule has 0 radical (unpaired) electrons. The molecule has 1 heterocycles. The highest BCUT2D eigenvalue weighted by Gasteiger charge is 2.21. The molecule has 0 spiro atoms. The molecule has 1 aromatic heterocycles. The van der Waals surface area contributed by atoms with Gasteiger partial charge in [0.2, 0.25) is 0 Å². The first-order valence-corrected chi connectivity index (χ1v) is 6.88. The summed E-state index contributed by atoms with van der Waals surface area (Å²) < 4.78 is 6.12. The summed E-state index contributed by atoms with van der Waals surface area (Å²) in [5, 5.41) is 2.00. The fourth-order valence-electron chi connectivity index (χ4n) is 1.39. The molecule has 0 aliphatic rings. The SMILES string of the molecule is CC=CCC(C(=O)OCC)c1csc(Br)c1. The van der Waals surface area contributed by atoms with Gasteiger partial charge in [-0.05, 0) is 53.2 Å². The van der Waals surface area contributed by atoms with Gasteiger partial charge in [-0.15, -0.1) is 11.3 Å². The third-order valence-corrected chi connectivity index (χ3v) is 3.69. The number of esters is 1. The molecular weight excluding hydrogens is 288 g/mol. The number of carbonyl (C=O) groups excluding carboxylic acids is 1. The highest BCUT2D eigenvalue weighted by molar-refractivity contribution is 9.11. The van der Waals surface area contributed by atoms with Crippen LogP contribution in [0.25, 0.3) is 0 Å². The lowest BCUT2D eigenvalue weighted by atomic mass is 9.98. The topological polar surface area (TPSA) is 26.3 Å². The maximum absolute atomic E-state index is 11.8. The van der Waals surface area contributed by atoms with Crippen molar-refractivity contribution in [2.75, 3.05) is 6.61 Å². The van der Waals surface area contributed by atoms with E-state index in [0.29, 0.717) is 13.0 Å². The maximum atomic E-state index is 11.8. The Morgan fingerprint density at radius 3 is 2.94 bits per heavy atom. The van der Waals surface area contributed by atoms with Crippen LogP contribution < -0.4 is 0 Å². The van der Waals surface area contributed by atoms with Crippen molar-refractivity contribution >= 4 is 33.2 Å². The van der Waals surface area contributed by atoms with E-state index in [1.807, 2.05) is 37.4 Å². The molecular formula is C12H15BrO2S. The third kappa shape index (κ3) is 3.76. The summed E-state index contributed by atoms with van der Waals surface area (Å²) in [6, 6.07) is 1.98. The standard InChI is InChI=1S/C12H15BrO2S/c1-3-5-6-10(12(14)15-4-2)9-7-11(13)16-8-9/h3,5,7-8,10H,4,6H2,1-2H3. The molecule has 0 bridgehead atoms. The summed E-state index contributed by atoms with van der Waals surface area (Å²) in [7, 11) is 0. The lowest BCUT2D eigenvalue weighted by Crippen LogP contribution is -2.14. The summed E-state index contributed by atoms with van der Waals surface area (Å²) in [6.45, 7) is 4.20. The largest absolute Gasteiger partial charge is 0.466 e. The van der Waals surface area contributed by atoms with Gasteiger partial charge in [-0.1, -0.05) is 12.2 Å². The summed E-state index contributed by atoms with van der Waals surface area (Å²) in [4.78, 5) is 11.8. The second-order valence-electron chi connectivity index (χ2n) is 3.29. The van der Waals surface area contributed by atoms with Crippen molar-refractivity contribution in [2.24, 2.45) is 0 Å². The highest BCUT2D eigenvalue weighted by atomic mass is 79.9. The van der Waals surface area contributed by atoms with Crippen LogP contribution in [0, 0.1) is 0 Å². The minimum Gasteiger partial charge on any atom is -0.466 e. The Bertz CT molecular complexity index is 371. The Labute approximate surface area is 108 Å². The first-order valence-electron chi connectivity index (χ1n) is 5.20. The Morgan fingerprint density at radius 2 is 2.44 bits per heavy atom. The van der Waals surface area contributed by atoms with E-state index < -0.39 is 0 Å². The van der Waals surface area contributed by atoms with E-state index >= 15 is 0 Å². The van der Waals surface area contributed by atoms with E-state index in [9.17, 15) is 4.79 Å². The normalized spacial score (nSPS) is 12.9. The average Bonchev–Trinajstić information content (AvgIpc) is 2.66. The van der Waals surface area contributed by atoms with Crippen LogP contribution >= 0.6 is 27.3 Å². The lowest BCUT2D eigenvalue weighted by Gasteiger charge is -2.12. The van der Waals surface area contributed by atoms with Gasteiger partial charge in [-0.25, -0.2) is 0 Å². The molecule has 2 nitrogen and oxygen atoms in total. The third-order valence-electron chi connectivity index (χ3n) is 2.17. The zero-order chi connectivity index (χ0) is 12.0. The molecule has 0 amide bonds. The molecule has 0 aliphatic carbocycles. The van der Waals surface area contributed by atoms with E-state index in [2.05, 4.69) is 15.9 Å². The molecule has 88 valence electrons. The monoisotopic (exact) mass is 302 g/mol. The van der Waals surface area contributed by atoms with E-state index in [0.717, 1.165) is 9.35 Å². The Balaban J connectivity index is 2.82. The van der Waals surface area contributed by atoms with Gasteiger partial charge in [0.1, 0.15) is 0 Å². The first-order chi connectivity index (χ1) is 7.69. The number of allylic oxidation sites excluding steroid dienone is 2. The van der Waals surface area contributed by atoms with Crippen LogP contribution in [-0.4, -0.2) is 12.6 Å². The predicted molar refractivity (Wildman–Crippen MR) is 70.8 cm³/mol. The zero-order valence-electron chi connectivity index (χ0n) is 9.40. The molecule has 0 N–H and O–H groups in total. The smallest absolute Gasteiger partial charge is 0.313 e. The van der Waals surface area contributed by atoms with Gasteiger partial charge in [0, 0.05) is 0 Å². The summed E-state index contributed by atoms with van der Waals surface area (Å²) in [6.07, 6.45) is 4.64. The van der Waals surface area contributed by atoms with Gasteiger partial charge < -0.3 is 4.74 Å². The number of hydrogen-bond donors (Lipinski definition) is 0. The van der Waals surface area contributed by atoms with E-state index in [1.165, 1.54) is 0 Å². The molecule has 0 saturated heterocycles. The van der Waals surface area contributed by atoms with Crippen LogP contribution in [0.2, 0.25) is 0 Å². The van der Waals surface area contributed by atoms with Crippen molar-refractivity contribution < 1.29 is 9.53 Å². The molecule has 4 heteroatoms. The van der Waals surface area contributed by atoms with Crippen molar-refractivity contribution in [1.82, 2.24) is 0 Å². The molecule has 0 fully saturated rings. The molecule has 16 heavy (non-hydrogen) atoms. The molecule has 1 aromatic rings. The minimum atomic E-state index is -0.182. The Kier molecular flexibility index (Phi) is 5.77. The molecule has 1 unspecified atom stereocenters. The fourth-order valence-corrected chi connectivity index (χ4v) is 2.62. The van der Waals surface area contributed by atoms with Gasteiger partial charge in [-0.3, -0.25) is 4.79 Å². The van der Waals surface area contributed by atoms with E-state index in [1.54, 1.807) is 11.3 Å². The van der Waals surface area contributed by atoms with Crippen LogP contribution in [0.4, 0.5) is 0 Å². The van der Waals surface area contributed by atoms with Crippen molar-refractivity contribution in [1.29, 1.82) is 0 Å². The van der Waals surface area contributed by atoms with Gasteiger partial charge >= 0.3 is 5.97 Å². The van der Waals surface area contributed by atoms with Crippen molar-refractivity contribution in [3.05, 3.63) is 32.9 Å². The second-order valence-corrected chi connectivity index (χ2v) is 5.58. The summed E-state index contributed by atoms with van der Waals surface area (Å²) in [5.41, 5.74) is 1.02. The van der Waals surface area contributed by atoms with Gasteiger partial charge in [0.05, 0.1) is 16.3 Å². The number of rotatable bonds is 5. The van der Waals surface area contributed by atoms with Gasteiger partial charge in [0.25, 0.3) is 0 Å². The molecule has 0 aliphatic heterocycles. The predicted octanol–water partition coefficient (Wildman–Crippen LogP) is 4.12. The summed E-state index contributed by atoms with van der Waals surface area (Å²) in [5.74, 6) is -0.329. The van der Waals surface area contributed by atoms with Crippen molar-refractivity contribution in [3.8, 4) is 0 Å². The van der Waals surface area contributed by atoms with Crippen LogP contribution in [0.3, 0.4) is 0 Å². The second kappa shape index (κ2) is 6.86. The lowest BCUT2D eigenvalue weighted by molar-refractivity contribution is -0.144. The van der Waals surface area contributed by atoms with Crippen LogP contribution in [0.5, 0.6) is 0 Å². The fraction of sp³-hybridized carbons (Fsp3) is 0.417. The zero-order valence-corrected chi connectivity index (χ0v) is 11.8. The summed E-state index contributed by atoms with van der Waals surface area (Å²) >= 11 is 4.99. The Morgan fingerprint density at radius 1 is 1.69 bits per heavy atom. The Hall–Kier alpha value is -0.610. The minimum absolute atomic E-state index is 0.147. The van der Waals surface area contributed by atoms with Crippen LogP contribution in [0.15, 0.2) is 27.4 Å². The van der Waals surface area contributed by atoms with Gasteiger partial charge in [-0.2, -0.15) is 0 Å². The number of carbonyl (C=O) groups is 1. The van der Waals surface area contributed by atoms with Crippen molar-refractivity contribution in [2.45, 2.75) is 26.2 Å². The first kappa shape index (κ1) is 13.5. The maximum Gasteiger partial charge on any atom is 0.313 e. The molecule has 1 atom stereocenters. The molecule has 0 aromatic carbocycles. The molecule has 1 rings (SSSR count). The average molecular weight is 303 g/mol.